The Balaban J connectivity index is 1.57. The lowest BCUT2D eigenvalue weighted by Gasteiger charge is -2.32. The molecular weight excluding hydrogens is 371 g/mol. The van der Waals surface area contributed by atoms with Crippen LogP contribution in [0.15, 0.2) is 36.4 Å². The van der Waals surface area contributed by atoms with Gasteiger partial charge in [-0.15, -0.1) is 15.3 Å². The van der Waals surface area contributed by atoms with Crippen LogP contribution in [0.4, 0.5) is 10.2 Å². The van der Waals surface area contributed by atoms with E-state index < -0.39 is 0 Å². The van der Waals surface area contributed by atoms with Gasteiger partial charge in [-0.1, -0.05) is 25.5 Å². The van der Waals surface area contributed by atoms with Gasteiger partial charge >= 0.3 is 0 Å². The number of anilines is 1. The average molecular weight is 396 g/mol. The first-order valence-corrected chi connectivity index (χ1v) is 10.2. The molecule has 0 bridgehead atoms. The largest absolute Gasteiger partial charge is 0.356 e. The number of hydrogen-bond acceptors (Lipinski definition) is 5. The molecule has 4 rings (SSSR count). The van der Waals surface area contributed by atoms with E-state index in [1.807, 2.05) is 12.1 Å². The molecule has 2 aromatic heterocycles. The maximum atomic E-state index is 14.2. The van der Waals surface area contributed by atoms with Crippen LogP contribution in [0.1, 0.15) is 32.6 Å². The van der Waals surface area contributed by atoms with Crippen molar-refractivity contribution in [3.8, 4) is 11.4 Å². The molecule has 7 nitrogen and oxygen atoms in total. The van der Waals surface area contributed by atoms with Gasteiger partial charge in [-0.3, -0.25) is 4.79 Å². The summed E-state index contributed by atoms with van der Waals surface area (Å²) >= 11 is 0. The van der Waals surface area contributed by atoms with E-state index in [1.165, 1.54) is 6.07 Å². The number of benzene rings is 1. The third-order valence-electron chi connectivity index (χ3n) is 5.31. The van der Waals surface area contributed by atoms with Crippen molar-refractivity contribution < 1.29 is 9.18 Å². The molecule has 3 aromatic rings. The zero-order chi connectivity index (χ0) is 20.2. The summed E-state index contributed by atoms with van der Waals surface area (Å²) in [7, 11) is 0. The van der Waals surface area contributed by atoms with Gasteiger partial charge in [-0.05, 0) is 43.5 Å². The second-order valence-corrected chi connectivity index (χ2v) is 7.39. The highest BCUT2D eigenvalue weighted by Gasteiger charge is 2.27. The molecule has 1 fully saturated rings. The fourth-order valence-electron chi connectivity index (χ4n) is 3.69. The molecule has 1 N–H and O–H groups in total. The van der Waals surface area contributed by atoms with E-state index in [-0.39, 0.29) is 17.6 Å². The lowest BCUT2D eigenvalue weighted by Crippen LogP contribution is -2.43. The van der Waals surface area contributed by atoms with Gasteiger partial charge in [0.25, 0.3) is 0 Å². The highest BCUT2D eigenvalue weighted by molar-refractivity contribution is 5.79. The van der Waals surface area contributed by atoms with E-state index in [2.05, 4.69) is 32.4 Å². The van der Waals surface area contributed by atoms with Crippen LogP contribution in [0, 0.1) is 11.7 Å². The number of unbranched alkanes of at least 4 members (excludes halogenated alkanes) is 1. The normalized spacial score (nSPS) is 16.9. The maximum absolute atomic E-state index is 14.2. The second-order valence-electron chi connectivity index (χ2n) is 7.39. The smallest absolute Gasteiger partial charge is 0.224 e. The molecule has 29 heavy (non-hydrogen) atoms. The van der Waals surface area contributed by atoms with Crippen LogP contribution in [-0.2, 0) is 4.79 Å². The number of nitrogens with one attached hydrogen (secondary N) is 1. The SMILES string of the molecule is CCCCNC(=O)C1CCCN(c2ccc3nnc(-c4ccccc4F)n3n2)C1. The fourth-order valence-corrected chi connectivity index (χ4v) is 3.69. The van der Waals surface area contributed by atoms with Crippen LogP contribution in [0.3, 0.4) is 0 Å². The van der Waals surface area contributed by atoms with Crippen molar-refractivity contribution in [3.63, 3.8) is 0 Å². The minimum atomic E-state index is -0.365. The lowest BCUT2D eigenvalue weighted by atomic mass is 9.97. The van der Waals surface area contributed by atoms with Crippen LogP contribution in [0.2, 0.25) is 0 Å². The highest BCUT2D eigenvalue weighted by atomic mass is 19.1. The molecule has 1 atom stereocenters. The van der Waals surface area contributed by atoms with Crippen LogP contribution >= 0.6 is 0 Å². The monoisotopic (exact) mass is 396 g/mol. The summed E-state index contributed by atoms with van der Waals surface area (Å²) in [5, 5.41) is 15.9. The molecule has 3 heterocycles. The number of fused-ring (bicyclic) bond motifs is 1. The molecule has 0 spiro atoms. The van der Waals surface area contributed by atoms with Gasteiger partial charge in [0.2, 0.25) is 5.91 Å². The number of hydrogen-bond donors (Lipinski definition) is 1. The van der Waals surface area contributed by atoms with E-state index in [4.69, 9.17) is 0 Å². The van der Waals surface area contributed by atoms with E-state index >= 15 is 0 Å². The minimum Gasteiger partial charge on any atom is -0.356 e. The number of nitrogens with zero attached hydrogens (tertiary/aromatic N) is 5. The maximum Gasteiger partial charge on any atom is 0.224 e. The van der Waals surface area contributed by atoms with Gasteiger partial charge in [-0.25, -0.2) is 4.39 Å². The lowest BCUT2D eigenvalue weighted by molar-refractivity contribution is -0.125. The first-order chi connectivity index (χ1) is 14.2. The quantitative estimate of drug-likeness (QED) is 0.648. The van der Waals surface area contributed by atoms with Crippen molar-refractivity contribution in [2.24, 2.45) is 5.92 Å². The van der Waals surface area contributed by atoms with Gasteiger partial charge in [0, 0.05) is 19.6 Å². The zero-order valence-corrected chi connectivity index (χ0v) is 16.5. The van der Waals surface area contributed by atoms with Crippen LogP contribution in [0.5, 0.6) is 0 Å². The summed E-state index contributed by atoms with van der Waals surface area (Å²) in [4.78, 5) is 14.6. The Hall–Kier alpha value is -3.03. The standard InChI is InChI=1S/C21H25FN6O/c1-2-3-12-23-21(29)15-7-6-13-27(14-15)19-11-10-18-24-25-20(28(18)26-19)16-8-4-5-9-17(16)22/h4-5,8-11,15H,2-3,6-7,12-14H2,1H3,(H,23,29). The van der Waals surface area contributed by atoms with Crippen molar-refractivity contribution in [2.75, 3.05) is 24.5 Å². The van der Waals surface area contributed by atoms with Gasteiger partial charge in [0.05, 0.1) is 11.5 Å². The van der Waals surface area contributed by atoms with E-state index in [0.717, 1.165) is 44.6 Å². The second kappa shape index (κ2) is 8.55. The Labute approximate surface area is 168 Å². The van der Waals surface area contributed by atoms with Crippen LogP contribution in [0.25, 0.3) is 17.0 Å². The number of rotatable bonds is 6. The number of halogens is 1. The molecule has 0 aliphatic carbocycles. The third kappa shape index (κ3) is 4.06. The van der Waals surface area contributed by atoms with Crippen molar-refractivity contribution in [2.45, 2.75) is 32.6 Å². The fraction of sp³-hybridized carbons (Fsp3) is 0.429. The van der Waals surface area contributed by atoms with Crippen molar-refractivity contribution in [3.05, 3.63) is 42.2 Å². The molecular formula is C21H25FN6O. The summed E-state index contributed by atoms with van der Waals surface area (Å²) in [5.41, 5.74) is 0.911. The van der Waals surface area contributed by atoms with Crippen molar-refractivity contribution in [1.82, 2.24) is 25.1 Å². The molecule has 152 valence electrons. The van der Waals surface area contributed by atoms with Gasteiger partial charge in [0.1, 0.15) is 11.6 Å². The summed E-state index contributed by atoms with van der Waals surface area (Å²) in [6.07, 6.45) is 3.86. The zero-order valence-electron chi connectivity index (χ0n) is 16.5. The molecule has 1 aromatic carbocycles. The molecule has 1 aliphatic rings. The first kappa shape index (κ1) is 19.3. The number of amides is 1. The van der Waals surface area contributed by atoms with Crippen molar-refractivity contribution >= 4 is 17.4 Å². The average Bonchev–Trinajstić information content (AvgIpc) is 3.17. The first-order valence-electron chi connectivity index (χ1n) is 10.2. The summed E-state index contributed by atoms with van der Waals surface area (Å²) in [6.45, 7) is 4.28. The molecule has 1 aliphatic heterocycles. The third-order valence-corrected chi connectivity index (χ3v) is 5.31. The number of aromatic nitrogens is 4. The van der Waals surface area contributed by atoms with E-state index in [1.54, 1.807) is 22.7 Å². The molecule has 1 unspecified atom stereocenters. The topological polar surface area (TPSA) is 75.4 Å². The molecule has 1 amide bonds. The number of carbonyl (C=O) groups is 1. The van der Waals surface area contributed by atoms with Gasteiger partial charge < -0.3 is 10.2 Å². The Kier molecular flexibility index (Phi) is 5.69. The van der Waals surface area contributed by atoms with E-state index in [0.29, 0.717) is 23.6 Å². The Morgan fingerprint density at radius 1 is 1.24 bits per heavy atom. The summed E-state index contributed by atoms with van der Waals surface area (Å²) in [5.74, 6) is 0.799. The predicted molar refractivity (Wildman–Crippen MR) is 109 cm³/mol. The summed E-state index contributed by atoms with van der Waals surface area (Å²) < 4.78 is 15.8. The molecule has 0 saturated carbocycles. The Morgan fingerprint density at radius 2 is 2.10 bits per heavy atom. The van der Waals surface area contributed by atoms with E-state index in [9.17, 15) is 9.18 Å². The molecule has 0 radical (unpaired) electrons. The van der Waals surface area contributed by atoms with Gasteiger partial charge in [0.15, 0.2) is 11.5 Å². The van der Waals surface area contributed by atoms with Crippen LogP contribution < -0.4 is 10.2 Å². The van der Waals surface area contributed by atoms with Gasteiger partial charge in [-0.2, -0.15) is 4.52 Å². The minimum absolute atomic E-state index is 0.0509. The number of carbonyl (C=O) groups excluding carboxylic acids is 1. The number of piperidine rings is 1. The van der Waals surface area contributed by atoms with Crippen LogP contribution in [-0.4, -0.2) is 45.4 Å². The predicted octanol–water partition coefficient (Wildman–Crippen LogP) is 3.06. The highest BCUT2D eigenvalue weighted by Crippen LogP contribution is 2.25. The molecule has 8 heteroatoms. The summed E-state index contributed by atoms with van der Waals surface area (Å²) in [6, 6.07) is 10.2. The Morgan fingerprint density at radius 3 is 2.93 bits per heavy atom. The van der Waals surface area contributed by atoms with Crippen molar-refractivity contribution in [1.29, 1.82) is 0 Å². The molecule has 1 saturated heterocycles. The Bertz CT molecular complexity index is 1000.